The molecule has 0 amide bonds. The standard InChI is InChI=1S/C35H4.C14H12O/c1-3-5-7-9-11-13-15-17-19-21-23-25-27-29-31-33-35-34-32-30-28-26-24-22-20-18-16-14-12-10-8-6-4-2;1-11(15)13-9-5-6-10-14(13)12-7-3-2-4-8-12/h1H,2H3;2-10H,1H3. The molecule has 0 N–H and O–H groups in total. The average molecular weight is 621 g/mol. The monoisotopic (exact) mass is 620 g/mol. The second-order valence-corrected chi connectivity index (χ2v) is 7.74. The molecule has 0 radical (unpaired) electrons. The second kappa shape index (κ2) is 29.7. The SMILES string of the molecule is C#CC#CC#CC#CC#CC#CC#CC#CC#CC#CC#CC#CC#CC#CC#CC#CC#CC.CC(=O)c1ccccc1-c1ccccc1. The molecule has 0 saturated carbocycles. The summed E-state index contributed by atoms with van der Waals surface area (Å²) in [5, 5.41) is 0. The molecule has 50 heavy (non-hydrogen) atoms. The summed E-state index contributed by atoms with van der Waals surface area (Å²) in [5.41, 5.74) is 2.87. The van der Waals surface area contributed by atoms with Crippen LogP contribution in [0, 0.1) is 202 Å². The summed E-state index contributed by atoms with van der Waals surface area (Å²) in [5.74, 6) is 82.0. The summed E-state index contributed by atoms with van der Waals surface area (Å²) >= 11 is 0. The minimum atomic E-state index is 0.106. The molecule has 2 aromatic carbocycles. The number of Topliss-reactive ketones (excluding diaryl/α,β-unsaturated/α-hetero) is 1. The Labute approximate surface area is 296 Å². The first-order chi connectivity index (χ1) is 24.7. The van der Waals surface area contributed by atoms with Crippen molar-refractivity contribution in [1.29, 1.82) is 0 Å². The van der Waals surface area contributed by atoms with Gasteiger partial charge in [-0.25, -0.2) is 0 Å². The molecule has 0 aromatic heterocycles. The number of carbonyl (C=O) groups is 1. The molecule has 0 atom stereocenters. The fourth-order valence-electron chi connectivity index (χ4n) is 2.66. The van der Waals surface area contributed by atoms with E-state index in [1.54, 1.807) is 13.8 Å². The fraction of sp³-hybridized carbons (Fsp3) is 0.0408. The van der Waals surface area contributed by atoms with E-state index in [1.165, 1.54) is 0 Å². The van der Waals surface area contributed by atoms with E-state index in [-0.39, 0.29) is 5.78 Å². The highest BCUT2D eigenvalue weighted by molar-refractivity contribution is 6.00. The maximum atomic E-state index is 11.4. The molecule has 1 heteroatoms. The zero-order chi connectivity index (χ0) is 36.0. The molecular weight excluding hydrogens is 605 g/mol. The van der Waals surface area contributed by atoms with Crippen LogP contribution >= 0.6 is 0 Å². The summed E-state index contributed by atoms with van der Waals surface area (Å²) in [7, 11) is 0. The first-order valence-electron chi connectivity index (χ1n) is 13.7. The Kier molecular flexibility index (Phi) is 23.0. The lowest BCUT2D eigenvalue weighted by molar-refractivity contribution is 0.101. The number of hydrogen-bond acceptors (Lipinski definition) is 1. The Hall–Kier alpha value is -9.37. The molecule has 218 valence electrons. The Balaban J connectivity index is 0.000000681. The maximum Gasteiger partial charge on any atom is 0.160 e. The van der Waals surface area contributed by atoms with Crippen molar-refractivity contribution < 1.29 is 4.79 Å². The van der Waals surface area contributed by atoms with Gasteiger partial charge < -0.3 is 0 Å². The van der Waals surface area contributed by atoms with Crippen LogP contribution in [0.1, 0.15) is 24.2 Å². The number of benzene rings is 2. The molecule has 0 unspecified atom stereocenters. The third kappa shape index (κ3) is 22.2. The highest BCUT2D eigenvalue weighted by atomic mass is 16.1. The maximum absolute atomic E-state index is 11.4. The van der Waals surface area contributed by atoms with Gasteiger partial charge in [0.2, 0.25) is 0 Å². The van der Waals surface area contributed by atoms with E-state index in [0.717, 1.165) is 16.7 Å². The van der Waals surface area contributed by atoms with Crippen LogP contribution in [0.15, 0.2) is 54.6 Å². The van der Waals surface area contributed by atoms with Gasteiger partial charge in [-0.05, 0) is 120 Å². The van der Waals surface area contributed by atoms with E-state index in [2.05, 4.69) is 195 Å². The van der Waals surface area contributed by atoms with Gasteiger partial charge in [-0.15, -0.1) is 6.42 Å². The van der Waals surface area contributed by atoms with Crippen molar-refractivity contribution in [3.8, 4) is 213 Å². The Bertz CT molecular complexity index is 2710. The van der Waals surface area contributed by atoms with E-state index in [1.807, 2.05) is 54.6 Å². The van der Waals surface area contributed by atoms with Crippen molar-refractivity contribution in [2.45, 2.75) is 13.8 Å². The summed E-state index contributed by atoms with van der Waals surface area (Å²) in [6.45, 7) is 3.29. The molecule has 0 bridgehead atoms. The predicted octanol–water partition coefficient (Wildman–Crippen LogP) is 4.25. The van der Waals surface area contributed by atoms with Crippen LogP contribution in [0.25, 0.3) is 11.1 Å². The molecule has 0 saturated heterocycles. The van der Waals surface area contributed by atoms with Gasteiger partial charge in [-0.2, -0.15) is 0 Å². The van der Waals surface area contributed by atoms with Gasteiger partial charge in [-0.1, -0.05) is 60.5 Å². The number of carbonyl (C=O) groups excluding carboxylic acids is 1. The Morgan fingerprint density at radius 2 is 0.680 bits per heavy atom. The summed E-state index contributed by atoms with van der Waals surface area (Å²) < 4.78 is 0. The van der Waals surface area contributed by atoms with Crippen molar-refractivity contribution in [1.82, 2.24) is 0 Å². The van der Waals surface area contributed by atoms with Crippen LogP contribution in [0.5, 0.6) is 0 Å². The molecule has 0 fully saturated rings. The highest BCUT2D eigenvalue weighted by Gasteiger charge is 2.06. The van der Waals surface area contributed by atoms with Crippen molar-refractivity contribution in [2.24, 2.45) is 0 Å². The highest BCUT2D eigenvalue weighted by Crippen LogP contribution is 2.23. The fourth-order valence-corrected chi connectivity index (χ4v) is 2.66. The summed E-state index contributed by atoms with van der Waals surface area (Å²) in [6, 6.07) is 17.6. The van der Waals surface area contributed by atoms with Gasteiger partial charge >= 0.3 is 0 Å². The lowest BCUT2D eigenvalue weighted by atomic mass is 9.98. The van der Waals surface area contributed by atoms with Crippen molar-refractivity contribution in [3.63, 3.8) is 0 Å². The van der Waals surface area contributed by atoms with Crippen LogP contribution in [0.4, 0.5) is 0 Å². The van der Waals surface area contributed by atoms with Gasteiger partial charge in [0.1, 0.15) is 0 Å². The van der Waals surface area contributed by atoms with Gasteiger partial charge in [0.15, 0.2) is 5.78 Å². The lowest BCUT2D eigenvalue weighted by Gasteiger charge is -2.06. The number of hydrogen-bond donors (Lipinski definition) is 0. The minimum absolute atomic E-state index is 0.106. The lowest BCUT2D eigenvalue weighted by Crippen LogP contribution is -1.95. The summed E-state index contributed by atoms with van der Waals surface area (Å²) in [6.07, 6.45) is 4.93. The van der Waals surface area contributed by atoms with Gasteiger partial charge in [-0.3, -0.25) is 4.79 Å². The molecule has 0 spiro atoms. The average Bonchev–Trinajstić information content (AvgIpc) is 3.14. The molecule has 0 aliphatic rings. The largest absolute Gasteiger partial charge is 0.294 e. The van der Waals surface area contributed by atoms with Crippen molar-refractivity contribution in [3.05, 3.63) is 60.2 Å². The van der Waals surface area contributed by atoms with E-state index in [9.17, 15) is 4.79 Å². The molecular formula is C49H16O. The zero-order valence-corrected chi connectivity index (χ0v) is 26.7. The van der Waals surface area contributed by atoms with Crippen LogP contribution in [0.3, 0.4) is 0 Å². The zero-order valence-electron chi connectivity index (χ0n) is 26.7. The second-order valence-electron chi connectivity index (χ2n) is 7.74. The molecule has 2 rings (SSSR count). The molecule has 0 aliphatic heterocycles. The number of ketones is 1. The third-order valence-corrected chi connectivity index (χ3v) is 4.46. The molecule has 2 aromatic rings. The van der Waals surface area contributed by atoms with Crippen molar-refractivity contribution in [2.75, 3.05) is 0 Å². The molecule has 0 heterocycles. The summed E-state index contributed by atoms with van der Waals surface area (Å²) in [4.78, 5) is 11.4. The third-order valence-electron chi connectivity index (χ3n) is 4.46. The topological polar surface area (TPSA) is 17.1 Å². The number of rotatable bonds is 2. The van der Waals surface area contributed by atoms with Crippen LogP contribution in [-0.2, 0) is 0 Å². The quantitative estimate of drug-likeness (QED) is 0.363. The first kappa shape index (κ1) is 38.7. The van der Waals surface area contributed by atoms with E-state index < -0.39 is 0 Å². The van der Waals surface area contributed by atoms with Crippen LogP contribution in [-0.4, -0.2) is 5.78 Å². The van der Waals surface area contributed by atoms with E-state index in [4.69, 9.17) is 6.42 Å². The van der Waals surface area contributed by atoms with Crippen LogP contribution < -0.4 is 0 Å². The van der Waals surface area contributed by atoms with Gasteiger partial charge in [0.25, 0.3) is 0 Å². The predicted molar refractivity (Wildman–Crippen MR) is 201 cm³/mol. The van der Waals surface area contributed by atoms with E-state index >= 15 is 0 Å². The van der Waals surface area contributed by atoms with E-state index in [0.29, 0.717) is 0 Å². The smallest absolute Gasteiger partial charge is 0.160 e. The molecule has 0 aliphatic carbocycles. The number of terminal acetylenes is 1. The molecule has 1 nitrogen and oxygen atoms in total. The minimum Gasteiger partial charge on any atom is -0.294 e. The van der Waals surface area contributed by atoms with Gasteiger partial charge in [0, 0.05) is 100 Å². The first-order valence-corrected chi connectivity index (χ1v) is 13.7. The Morgan fingerprint density at radius 1 is 0.400 bits per heavy atom. The van der Waals surface area contributed by atoms with Gasteiger partial charge in [0.05, 0.1) is 0 Å². The van der Waals surface area contributed by atoms with Crippen molar-refractivity contribution >= 4 is 5.78 Å². The normalized spacial score (nSPS) is 5.70. The Morgan fingerprint density at radius 3 is 0.980 bits per heavy atom. The van der Waals surface area contributed by atoms with Crippen LogP contribution in [0.2, 0.25) is 0 Å².